The van der Waals surface area contributed by atoms with Gasteiger partial charge in [0.1, 0.15) is 17.4 Å². The maximum atomic E-state index is 13.4. The highest BCUT2D eigenvalue weighted by Gasteiger charge is 2.33. The van der Waals surface area contributed by atoms with Gasteiger partial charge in [0.05, 0.1) is 16.1 Å². The molecule has 9 nitrogen and oxygen atoms in total. The van der Waals surface area contributed by atoms with Crippen molar-refractivity contribution in [2.75, 3.05) is 7.05 Å². The number of fused-ring (bicyclic) bond motifs is 1. The van der Waals surface area contributed by atoms with Gasteiger partial charge in [-0.15, -0.1) is 0 Å². The second-order valence-corrected chi connectivity index (χ2v) is 10.6. The van der Waals surface area contributed by atoms with Gasteiger partial charge in [-0.05, 0) is 49.9 Å². The molecule has 0 aliphatic heterocycles. The summed E-state index contributed by atoms with van der Waals surface area (Å²) in [6, 6.07) is 8.23. The fraction of sp³-hybridized carbons (Fsp3) is 0.391. The molecule has 3 aromatic heterocycles. The van der Waals surface area contributed by atoms with Gasteiger partial charge in [-0.25, -0.2) is 13.4 Å². The summed E-state index contributed by atoms with van der Waals surface area (Å²) in [5.74, 6) is 1.85. The fourth-order valence-electron chi connectivity index (χ4n) is 3.85. The largest absolute Gasteiger partial charge is 0.342 e. The maximum Gasteiger partial charge on any atom is 0.245 e. The molecule has 0 saturated carbocycles. The minimum absolute atomic E-state index is 0.209. The lowest BCUT2D eigenvalue weighted by Gasteiger charge is -2.26. The first-order valence-electron chi connectivity index (χ1n) is 10.8. The molecule has 0 spiro atoms. The number of pyridine rings is 1. The van der Waals surface area contributed by atoms with Crippen LogP contribution in [0.1, 0.15) is 55.1 Å². The van der Waals surface area contributed by atoms with E-state index >= 15 is 0 Å². The van der Waals surface area contributed by atoms with Crippen LogP contribution in [-0.2, 0) is 16.4 Å². The van der Waals surface area contributed by atoms with Crippen molar-refractivity contribution in [3.05, 3.63) is 65.3 Å². The van der Waals surface area contributed by atoms with Gasteiger partial charge < -0.3 is 9.51 Å². The number of hydrogen-bond donors (Lipinski definition) is 1. The van der Waals surface area contributed by atoms with Crippen LogP contribution in [0.25, 0.3) is 11.0 Å². The van der Waals surface area contributed by atoms with Crippen LogP contribution in [0.15, 0.2) is 45.9 Å². The SMILES string of the molecule is Cc1noc(C(CC(C)C)N(C)S(=O)(=O)c2ccc(Cc3nccc4[nH]c(C)nc34)cc2)n1. The van der Waals surface area contributed by atoms with Crippen LogP contribution >= 0.6 is 0 Å². The van der Waals surface area contributed by atoms with Crippen LogP contribution in [-0.4, -0.2) is 44.9 Å². The first-order chi connectivity index (χ1) is 15.6. The van der Waals surface area contributed by atoms with Crippen molar-refractivity contribution in [2.24, 2.45) is 5.92 Å². The number of rotatable bonds is 8. The number of imidazole rings is 1. The third kappa shape index (κ3) is 4.81. The molecule has 0 radical (unpaired) electrons. The number of H-pyrrole nitrogens is 1. The van der Waals surface area contributed by atoms with E-state index in [1.165, 1.54) is 4.31 Å². The number of hydrogen-bond acceptors (Lipinski definition) is 7. The van der Waals surface area contributed by atoms with Gasteiger partial charge in [-0.3, -0.25) is 4.98 Å². The number of aromatic nitrogens is 5. The van der Waals surface area contributed by atoms with Crippen molar-refractivity contribution in [1.82, 2.24) is 29.4 Å². The summed E-state index contributed by atoms with van der Waals surface area (Å²) in [4.78, 5) is 16.7. The highest BCUT2D eigenvalue weighted by molar-refractivity contribution is 7.89. The van der Waals surface area contributed by atoms with Crippen molar-refractivity contribution in [3.63, 3.8) is 0 Å². The molecule has 0 aliphatic rings. The standard InChI is InChI=1S/C23H28N6O3S/c1-14(2)12-21(23-27-16(4)28-32-23)29(5)33(30,31)18-8-6-17(7-9-18)13-20-22-19(10-11-24-20)25-15(3)26-22/h6-11,14,21H,12-13H2,1-5H3,(H,25,26). The Balaban J connectivity index is 1.58. The van der Waals surface area contributed by atoms with Crippen LogP contribution in [0, 0.1) is 19.8 Å². The minimum atomic E-state index is -3.77. The molecule has 1 aromatic carbocycles. The van der Waals surface area contributed by atoms with Gasteiger partial charge in [-0.1, -0.05) is 31.1 Å². The topological polar surface area (TPSA) is 118 Å². The van der Waals surface area contributed by atoms with Gasteiger partial charge in [0.25, 0.3) is 0 Å². The molecule has 1 atom stereocenters. The van der Waals surface area contributed by atoms with E-state index in [9.17, 15) is 8.42 Å². The average Bonchev–Trinajstić information content (AvgIpc) is 3.37. The lowest BCUT2D eigenvalue weighted by atomic mass is 10.0. The highest BCUT2D eigenvalue weighted by Crippen LogP contribution is 2.31. The molecule has 174 valence electrons. The summed E-state index contributed by atoms with van der Waals surface area (Å²) in [7, 11) is -2.22. The van der Waals surface area contributed by atoms with Crippen molar-refractivity contribution in [2.45, 2.75) is 51.5 Å². The Labute approximate surface area is 193 Å². The Morgan fingerprint density at radius 1 is 1.09 bits per heavy atom. The van der Waals surface area contributed by atoms with Gasteiger partial charge in [0.15, 0.2) is 5.82 Å². The molecule has 0 saturated heterocycles. The Morgan fingerprint density at radius 3 is 2.45 bits per heavy atom. The Bertz CT molecular complexity index is 1360. The van der Waals surface area contributed by atoms with E-state index in [-0.39, 0.29) is 10.8 Å². The van der Waals surface area contributed by atoms with Crippen LogP contribution in [0.2, 0.25) is 0 Å². The molecular formula is C23H28N6O3S. The quantitative estimate of drug-likeness (QED) is 0.416. The average molecular weight is 469 g/mol. The fourth-order valence-corrected chi connectivity index (χ4v) is 5.17. The summed E-state index contributed by atoms with van der Waals surface area (Å²) >= 11 is 0. The van der Waals surface area contributed by atoms with Gasteiger partial charge >= 0.3 is 0 Å². The molecule has 10 heteroatoms. The van der Waals surface area contributed by atoms with Gasteiger partial charge in [0.2, 0.25) is 15.9 Å². The third-order valence-corrected chi connectivity index (χ3v) is 7.41. The molecule has 0 bridgehead atoms. The lowest BCUT2D eigenvalue weighted by Crippen LogP contribution is -2.32. The predicted octanol–water partition coefficient (Wildman–Crippen LogP) is 3.96. The second-order valence-electron chi connectivity index (χ2n) is 8.64. The van der Waals surface area contributed by atoms with E-state index in [1.54, 1.807) is 32.3 Å². The number of aryl methyl sites for hydroxylation is 2. The molecule has 1 unspecified atom stereocenters. The summed E-state index contributed by atoms with van der Waals surface area (Å²) < 4.78 is 33.4. The Morgan fingerprint density at radius 2 is 1.82 bits per heavy atom. The normalized spacial score (nSPS) is 13.3. The summed E-state index contributed by atoms with van der Waals surface area (Å²) in [6.45, 7) is 7.68. The Hall–Kier alpha value is -3.11. The molecular weight excluding hydrogens is 440 g/mol. The van der Waals surface area contributed by atoms with Crippen LogP contribution < -0.4 is 0 Å². The smallest absolute Gasteiger partial charge is 0.245 e. The number of nitrogens with one attached hydrogen (secondary N) is 1. The van der Waals surface area contributed by atoms with Crippen LogP contribution in [0.5, 0.6) is 0 Å². The summed E-state index contributed by atoms with van der Waals surface area (Å²) in [5, 5.41) is 3.84. The molecule has 4 rings (SSSR count). The van der Waals surface area contributed by atoms with Crippen LogP contribution in [0.3, 0.4) is 0 Å². The Kier molecular flexibility index (Phi) is 6.31. The highest BCUT2D eigenvalue weighted by atomic mass is 32.2. The molecule has 0 amide bonds. The summed E-state index contributed by atoms with van der Waals surface area (Å²) in [6.07, 6.45) is 2.86. The molecule has 0 aliphatic carbocycles. The number of sulfonamides is 1. The zero-order valence-electron chi connectivity index (χ0n) is 19.4. The molecule has 0 fully saturated rings. The molecule has 3 heterocycles. The van der Waals surface area contributed by atoms with Crippen molar-refractivity contribution >= 4 is 21.1 Å². The van der Waals surface area contributed by atoms with Crippen molar-refractivity contribution < 1.29 is 12.9 Å². The number of nitrogens with zero attached hydrogens (tertiary/aromatic N) is 5. The molecule has 4 aromatic rings. The van der Waals surface area contributed by atoms with E-state index in [2.05, 4.69) is 25.1 Å². The maximum absolute atomic E-state index is 13.4. The number of aromatic amines is 1. The third-order valence-electron chi connectivity index (χ3n) is 5.53. The minimum Gasteiger partial charge on any atom is -0.342 e. The van der Waals surface area contributed by atoms with Crippen molar-refractivity contribution in [1.29, 1.82) is 0 Å². The number of benzene rings is 1. The predicted molar refractivity (Wildman–Crippen MR) is 124 cm³/mol. The van der Waals surface area contributed by atoms with E-state index in [1.807, 2.05) is 39.0 Å². The van der Waals surface area contributed by atoms with Gasteiger partial charge in [0, 0.05) is 19.7 Å². The van der Waals surface area contributed by atoms with E-state index < -0.39 is 16.1 Å². The lowest BCUT2D eigenvalue weighted by molar-refractivity contribution is 0.247. The molecule has 33 heavy (non-hydrogen) atoms. The molecule has 1 N–H and O–H groups in total. The van der Waals surface area contributed by atoms with E-state index in [4.69, 9.17) is 4.52 Å². The second kappa shape index (κ2) is 9.03. The zero-order valence-corrected chi connectivity index (χ0v) is 20.2. The van der Waals surface area contributed by atoms with Crippen molar-refractivity contribution in [3.8, 4) is 0 Å². The zero-order chi connectivity index (χ0) is 23.8. The summed E-state index contributed by atoms with van der Waals surface area (Å²) in [5.41, 5.74) is 3.56. The van der Waals surface area contributed by atoms with E-state index in [0.717, 1.165) is 28.1 Å². The van der Waals surface area contributed by atoms with Crippen LogP contribution in [0.4, 0.5) is 0 Å². The van der Waals surface area contributed by atoms with Gasteiger partial charge in [-0.2, -0.15) is 9.29 Å². The first-order valence-corrected chi connectivity index (χ1v) is 12.3. The first kappa shape index (κ1) is 23.1. The van der Waals surface area contributed by atoms with E-state index in [0.29, 0.717) is 24.6 Å². The monoisotopic (exact) mass is 468 g/mol.